The number of nitrogens with two attached hydrogens (primary N) is 1. The van der Waals surface area contributed by atoms with Crippen LogP contribution >= 0.6 is 0 Å². The van der Waals surface area contributed by atoms with Crippen LogP contribution in [0.1, 0.15) is 28.9 Å². The molecule has 3 N–H and O–H groups in total. The smallest absolute Gasteiger partial charge is 0.252 e. The Morgan fingerprint density at radius 3 is 2.69 bits per heavy atom. The molecule has 0 saturated carbocycles. The molecule has 5 nitrogen and oxygen atoms in total. The Hall–Kier alpha value is -3.18. The van der Waals surface area contributed by atoms with Crippen molar-refractivity contribution < 1.29 is 4.79 Å². The number of aromatic nitrogens is 2. The minimum absolute atomic E-state index is 0.161. The van der Waals surface area contributed by atoms with Gasteiger partial charge in [-0.2, -0.15) is 0 Å². The Kier molecular flexibility index (Phi) is 4.14. The molecule has 0 aliphatic heterocycles. The lowest BCUT2D eigenvalue weighted by Crippen LogP contribution is -2.39. The maximum Gasteiger partial charge on any atom is 0.252 e. The zero-order valence-corrected chi connectivity index (χ0v) is 14.5. The van der Waals surface area contributed by atoms with Gasteiger partial charge in [0.15, 0.2) is 0 Å². The lowest BCUT2D eigenvalue weighted by atomic mass is 9.97. The van der Waals surface area contributed by atoms with E-state index >= 15 is 0 Å². The monoisotopic (exact) mass is 344 g/mol. The molecule has 0 aliphatic rings. The standard InChI is InChI=1S/C21H20N4O/c1-14(22)20(17-7-6-15-4-2-3-5-16(15)12-17)24-21(26)18-8-10-25-11-9-23-19(25)13-18/h2-14,20H,22H2,1H3,(H,24,26). The van der Waals surface area contributed by atoms with E-state index in [2.05, 4.69) is 34.6 Å². The highest BCUT2D eigenvalue weighted by Gasteiger charge is 2.20. The van der Waals surface area contributed by atoms with E-state index in [0.29, 0.717) is 5.56 Å². The molecule has 26 heavy (non-hydrogen) atoms. The third-order valence-corrected chi connectivity index (χ3v) is 4.61. The van der Waals surface area contributed by atoms with Crippen LogP contribution in [0.15, 0.2) is 73.2 Å². The lowest BCUT2D eigenvalue weighted by Gasteiger charge is -2.23. The second-order valence-corrected chi connectivity index (χ2v) is 6.52. The summed E-state index contributed by atoms with van der Waals surface area (Å²) in [4.78, 5) is 17.0. The Labute approximate surface area is 151 Å². The summed E-state index contributed by atoms with van der Waals surface area (Å²) < 4.78 is 1.86. The third-order valence-electron chi connectivity index (χ3n) is 4.61. The van der Waals surface area contributed by atoms with Gasteiger partial charge in [0.25, 0.3) is 5.91 Å². The van der Waals surface area contributed by atoms with Crippen molar-refractivity contribution in [3.8, 4) is 0 Å². The van der Waals surface area contributed by atoms with Crippen LogP contribution < -0.4 is 11.1 Å². The van der Waals surface area contributed by atoms with Gasteiger partial charge in [0.2, 0.25) is 0 Å². The molecule has 2 aromatic carbocycles. The average molecular weight is 344 g/mol. The first-order chi connectivity index (χ1) is 12.6. The number of pyridine rings is 1. The van der Waals surface area contributed by atoms with Gasteiger partial charge in [-0.25, -0.2) is 4.98 Å². The van der Waals surface area contributed by atoms with Crippen LogP contribution in [0.4, 0.5) is 0 Å². The van der Waals surface area contributed by atoms with Crippen LogP contribution in [0.2, 0.25) is 0 Å². The Balaban J connectivity index is 1.64. The molecule has 0 bridgehead atoms. The molecule has 0 spiro atoms. The zero-order chi connectivity index (χ0) is 18.1. The number of fused-ring (bicyclic) bond motifs is 2. The normalized spacial score (nSPS) is 13.6. The van der Waals surface area contributed by atoms with Crippen molar-refractivity contribution in [1.82, 2.24) is 14.7 Å². The van der Waals surface area contributed by atoms with E-state index in [0.717, 1.165) is 22.0 Å². The molecule has 0 saturated heterocycles. The number of rotatable bonds is 4. The molecule has 2 unspecified atom stereocenters. The summed E-state index contributed by atoms with van der Waals surface area (Å²) in [6, 6.07) is 17.4. The Morgan fingerprint density at radius 2 is 1.88 bits per heavy atom. The summed E-state index contributed by atoms with van der Waals surface area (Å²) in [6.45, 7) is 1.90. The van der Waals surface area contributed by atoms with Crippen molar-refractivity contribution in [1.29, 1.82) is 0 Å². The second kappa shape index (κ2) is 6.61. The zero-order valence-electron chi connectivity index (χ0n) is 14.5. The van der Waals surface area contributed by atoms with E-state index in [1.807, 2.05) is 41.9 Å². The highest BCUT2D eigenvalue weighted by molar-refractivity contribution is 5.95. The maximum absolute atomic E-state index is 12.8. The molecule has 0 aliphatic carbocycles. The van der Waals surface area contributed by atoms with E-state index in [9.17, 15) is 4.79 Å². The minimum Gasteiger partial charge on any atom is -0.344 e. The van der Waals surface area contributed by atoms with Gasteiger partial charge < -0.3 is 15.5 Å². The third kappa shape index (κ3) is 3.05. The Morgan fingerprint density at radius 1 is 1.08 bits per heavy atom. The van der Waals surface area contributed by atoms with E-state index < -0.39 is 0 Å². The first-order valence-electron chi connectivity index (χ1n) is 8.60. The number of nitrogens with one attached hydrogen (secondary N) is 1. The van der Waals surface area contributed by atoms with Crippen molar-refractivity contribution >= 4 is 22.3 Å². The predicted octanol–water partition coefficient (Wildman–Crippen LogP) is 3.31. The molecular weight excluding hydrogens is 324 g/mol. The highest BCUT2D eigenvalue weighted by Crippen LogP contribution is 2.22. The molecule has 130 valence electrons. The summed E-state index contributed by atoms with van der Waals surface area (Å²) in [6.07, 6.45) is 5.38. The average Bonchev–Trinajstić information content (AvgIpc) is 3.13. The molecule has 2 heterocycles. The largest absolute Gasteiger partial charge is 0.344 e. The van der Waals surface area contributed by atoms with Crippen molar-refractivity contribution in [2.75, 3.05) is 0 Å². The summed E-state index contributed by atoms with van der Waals surface area (Å²) in [5.74, 6) is -0.161. The number of benzene rings is 2. The van der Waals surface area contributed by atoms with Gasteiger partial charge in [-0.15, -0.1) is 0 Å². The van der Waals surface area contributed by atoms with Crippen molar-refractivity contribution in [2.45, 2.75) is 19.0 Å². The van der Waals surface area contributed by atoms with Gasteiger partial charge in [-0.05, 0) is 41.5 Å². The summed E-state index contributed by atoms with van der Waals surface area (Å²) in [5.41, 5.74) is 8.48. The fourth-order valence-electron chi connectivity index (χ4n) is 3.20. The lowest BCUT2D eigenvalue weighted by molar-refractivity contribution is 0.0931. The van der Waals surface area contributed by atoms with Crippen LogP contribution in [0, 0.1) is 0 Å². The van der Waals surface area contributed by atoms with E-state index in [1.165, 1.54) is 0 Å². The number of carbonyl (C=O) groups excluding carboxylic acids is 1. The van der Waals surface area contributed by atoms with Crippen molar-refractivity contribution in [3.05, 3.63) is 84.3 Å². The van der Waals surface area contributed by atoms with Crippen LogP contribution in [0.25, 0.3) is 16.4 Å². The first-order valence-corrected chi connectivity index (χ1v) is 8.60. The molecule has 4 rings (SSSR count). The molecule has 0 fully saturated rings. The molecule has 1 amide bonds. The topological polar surface area (TPSA) is 72.4 Å². The first kappa shape index (κ1) is 16.3. The molecule has 4 aromatic rings. The number of hydrogen-bond donors (Lipinski definition) is 2. The van der Waals surface area contributed by atoms with Crippen molar-refractivity contribution in [3.63, 3.8) is 0 Å². The highest BCUT2D eigenvalue weighted by atomic mass is 16.1. The number of imidazole rings is 1. The molecule has 2 aromatic heterocycles. The summed E-state index contributed by atoms with van der Waals surface area (Å²) >= 11 is 0. The van der Waals surface area contributed by atoms with Gasteiger partial charge >= 0.3 is 0 Å². The molecule has 0 radical (unpaired) electrons. The maximum atomic E-state index is 12.8. The van der Waals surface area contributed by atoms with Crippen LogP contribution in [0.3, 0.4) is 0 Å². The second-order valence-electron chi connectivity index (χ2n) is 6.52. The number of hydrogen-bond acceptors (Lipinski definition) is 3. The van der Waals surface area contributed by atoms with Crippen LogP contribution in [-0.2, 0) is 0 Å². The van der Waals surface area contributed by atoms with Gasteiger partial charge in [-0.1, -0.05) is 36.4 Å². The van der Waals surface area contributed by atoms with E-state index in [-0.39, 0.29) is 18.0 Å². The number of carbonyl (C=O) groups is 1. The van der Waals surface area contributed by atoms with Crippen LogP contribution in [-0.4, -0.2) is 21.3 Å². The quantitative estimate of drug-likeness (QED) is 0.596. The molecule has 2 atom stereocenters. The molecule has 5 heteroatoms. The predicted molar refractivity (Wildman–Crippen MR) is 103 cm³/mol. The number of nitrogens with zero attached hydrogens (tertiary/aromatic N) is 2. The van der Waals surface area contributed by atoms with Crippen molar-refractivity contribution in [2.24, 2.45) is 5.73 Å². The fourth-order valence-corrected chi connectivity index (χ4v) is 3.20. The fraction of sp³-hybridized carbons (Fsp3) is 0.143. The summed E-state index contributed by atoms with van der Waals surface area (Å²) in [5, 5.41) is 5.36. The van der Waals surface area contributed by atoms with E-state index in [4.69, 9.17) is 5.73 Å². The van der Waals surface area contributed by atoms with Gasteiger partial charge in [-0.3, -0.25) is 4.79 Å². The Bertz CT molecular complexity index is 1080. The van der Waals surface area contributed by atoms with Gasteiger partial charge in [0.05, 0.1) is 6.04 Å². The number of amides is 1. The van der Waals surface area contributed by atoms with E-state index in [1.54, 1.807) is 18.3 Å². The van der Waals surface area contributed by atoms with Gasteiger partial charge in [0, 0.05) is 30.2 Å². The van der Waals surface area contributed by atoms with Crippen LogP contribution in [0.5, 0.6) is 0 Å². The summed E-state index contributed by atoms with van der Waals surface area (Å²) in [7, 11) is 0. The molecular formula is C21H20N4O. The van der Waals surface area contributed by atoms with Gasteiger partial charge in [0.1, 0.15) is 5.65 Å². The minimum atomic E-state index is -0.275. The SMILES string of the molecule is CC(N)C(NC(=O)c1ccn2ccnc2c1)c1ccc2ccccc2c1.